The molecule has 0 saturated carbocycles. The molecule has 0 aromatic heterocycles. The number of fused-ring (bicyclic) bond motifs is 1. The van der Waals surface area contributed by atoms with Gasteiger partial charge in [-0.1, -0.05) is 32.9 Å². The van der Waals surface area contributed by atoms with Crippen molar-refractivity contribution in [3.63, 3.8) is 0 Å². The van der Waals surface area contributed by atoms with E-state index in [-0.39, 0.29) is 29.0 Å². The van der Waals surface area contributed by atoms with E-state index in [2.05, 4.69) is 39.9 Å². The van der Waals surface area contributed by atoms with Crippen molar-refractivity contribution in [2.24, 2.45) is 5.92 Å². The minimum Gasteiger partial charge on any atom is -0.497 e. The Labute approximate surface area is 192 Å². The summed E-state index contributed by atoms with van der Waals surface area (Å²) in [6, 6.07) is 7.62. The number of nitrogens with zero attached hydrogens (tertiary/aromatic N) is 1. The zero-order chi connectivity index (χ0) is 23.8. The van der Waals surface area contributed by atoms with Crippen LogP contribution in [0.2, 0.25) is 18.1 Å². The molecule has 0 N–H and O–H groups in total. The number of carbonyl (C=O) groups is 2. The van der Waals surface area contributed by atoms with Crippen LogP contribution in [-0.4, -0.2) is 58.0 Å². The number of methoxy groups -OCH3 is 2. The smallest absolute Gasteiger partial charge is 0.330 e. The van der Waals surface area contributed by atoms with E-state index >= 15 is 0 Å². The number of carbonyl (C=O) groups excluding carboxylic acids is 2. The molecule has 7 heteroatoms. The molecule has 174 valence electrons. The van der Waals surface area contributed by atoms with Crippen molar-refractivity contribution in [3.05, 3.63) is 47.1 Å². The minimum absolute atomic E-state index is 0.0567. The lowest BCUT2D eigenvalue weighted by molar-refractivity contribution is -0.156. The maximum atomic E-state index is 13.1. The number of ether oxygens (including phenoxy) is 2. The van der Waals surface area contributed by atoms with Gasteiger partial charge >= 0.3 is 5.97 Å². The summed E-state index contributed by atoms with van der Waals surface area (Å²) in [7, 11) is 0.958. The molecule has 0 radical (unpaired) electrons. The van der Waals surface area contributed by atoms with Gasteiger partial charge in [-0.15, -0.1) is 0 Å². The number of benzene rings is 1. The van der Waals surface area contributed by atoms with Crippen molar-refractivity contribution in [1.82, 2.24) is 4.90 Å². The maximum Gasteiger partial charge on any atom is 0.330 e. The fraction of sp³-hybridized carbons (Fsp3) is 0.520. The lowest BCUT2D eigenvalue weighted by atomic mass is 9.80. The van der Waals surface area contributed by atoms with Gasteiger partial charge < -0.3 is 18.8 Å². The van der Waals surface area contributed by atoms with Gasteiger partial charge in [0.1, 0.15) is 5.75 Å². The zero-order valence-corrected chi connectivity index (χ0v) is 21.4. The highest BCUT2D eigenvalue weighted by atomic mass is 28.4. The van der Waals surface area contributed by atoms with Gasteiger partial charge in [0.05, 0.1) is 32.3 Å². The van der Waals surface area contributed by atoms with Crippen LogP contribution in [0.3, 0.4) is 0 Å². The quantitative estimate of drug-likeness (QED) is 0.274. The number of hydrogen-bond acceptors (Lipinski definition) is 5. The summed E-state index contributed by atoms with van der Waals surface area (Å²) >= 11 is 0. The standard InChI is InChI=1S/C25H35NO5Si/c1-16(31-32(7,8)25(2,3)4)22-23-20(13-17-9-11-19(29-5)12-10-17)18(14-21(27)30-6)15-26(23)24(22)28/h9-14,16,22-23H,15H2,1-8H3/b18-14+,20-13-/t16-,22-,23-/m1/s1. The average Bonchev–Trinajstić information content (AvgIpc) is 3.00. The lowest BCUT2D eigenvalue weighted by Gasteiger charge is -2.48. The SMILES string of the molecule is COC(=O)/C=C1\CN2C(=O)[C@H]([C@@H](C)O[Si](C)(C)C(C)(C)C)[C@H]2\C1=C/c1ccc(OC)cc1. The van der Waals surface area contributed by atoms with Gasteiger partial charge in [0.15, 0.2) is 8.32 Å². The Morgan fingerprint density at radius 1 is 1.19 bits per heavy atom. The van der Waals surface area contributed by atoms with E-state index in [1.165, 1.54) is 13.2 Å². The van der Waals surface area contributed by atoms with Gasteiger partial charge in [0.2, 0.25) is 5.91 Å². The van der Waals surface area contributed by atoms with E-state index in [9.17, 15) is 9.59 Å². The topological polar surface area (TPSA) is 65.1 Å². The van der Waals surface area contributed by atoms with Crippen LogP contribution in [0, 0.1) is 5.92 Å². The van der Waals surface area contributed by atoms with Crippen LogP contribution in [-0.2, 0) is 18.8 Å². The Morgan fingerprint density at radius 2 is 1.81 bits per heavy atom. The Bertz CT molecular complexity index is 942. The van der Waals surface area contributed by atoms with Gasteiger partial charge in [0, 0.05) is 12.6 Å². The third kappa shape index (κ3) is 4.54. The molecule has 1 aromatic carbocycles. The normalized spacial score (nSPS) is 24.4. The molecule has 2 fully saturated rings. The molecule has 0 spiro atoms. The van der Waals surface area contributed by atoms with Crippen molar-refractivity contribution in [2.45, 2.75) is 58.0 Å². The highest BCUT2D eigenvalue weighted by Crippen LogP contribution is 2.47. The van der Waals surface area contributed by atoms with Crippen molar-refractivity contribution in [1.29, 1.82) is 0 Å². The van der Waals surface area contributed by atoms with Crippen LogP contribution in [0.4, 0.5) is 0 Å². The minimum atomic E-state index is -2.04. The van der Waals surface area contributed by atoms with Crippen molar-refractivity contribution >= 4 is 26.3 Å². The first-order valence-electron chi connectivity index (χ1n) is 11.0. The van der Waals surface area contributed by atoms with E-state index in [1.54, 1.807) is 7.11 Å². The third-order valence-corrected chi connectivity index (χ3v) is 11.6. The molecular weight excluding hydrogens is 422 g/mol. The first-order chi connectivity index (χ1) is 14.9. The van der Waals surface area contributed by atoms with Crippen LogP contribution in [0.5, 0.6) is 5.75 Å². The fourth-order valence-electron chi connectivity index (χ4n) is 4.14. The predicted molar refractivity (Wildman–Crippen MR) is 128 cm³/mol. The van der Waals surface area contributed by atoms with E-state index in [0.717, 1.165) is 22.5 Å². The van der Waals surface area contributed by atoms with Crippen LogP contribution in [0.15, 0.2) is 41.5 Å². The van der Waals surface area contributed by atoms with E-state index in [1.807, 2.05) is 36.1 Å². The summed E-state index contributed by atoms with van der Waals surface area (Å²) < 4.78 is 16.7. The second-order valence-corrected chi connectivity index (χ2v) is 14.8. The van der Waals surface area contributed by atoms with Crippen LogP contribution < -0.4 is 4.74 Å². The first kappa shape index (κ1) is 24.3. The summed E-state index contributed by atoms with van der Waals surface area (Å²) in [6.07, 6.45) is 3.34. The summed E-state index contributed by atoms with van der Waals surface area (Å²) in [5.41, 5.74) is 2.76. The third-order valence-electron chi connectivity index (χ3n) is 7.00. The molecule has 2 aliphatic rings. The van der Waals surface area contributed by atoms with Gasteiger partial charge in [-0.05, 0) is 60.0 Å². The second-order valence-electron chi connectivity index (χ2n) is 10.1. The molecule has 6 nitrogen and oxygen atoms in total. The van der Waals surface area contributed by atoms with Gasteiger partial charge in [-0.25, -0.2) is 4.79 Å². The maximum absolute atomic E-state index is 13.1. The summed E-state index contributed by atoms with van der Waals surface area (Å²) in [4.78, 5) is 26.9. The highest BCUT2D eigenvalue weighted by molar-refractivity contribution is 6.74. The Kier molecular flexibility index (Phi) is 6.72. The molecule has 3 atom stereocenters. The summed E-state index contributed by atoms with van der Waals surface area (Å²) in [5, 5.41) is 0.0567. The fourth-order valence-corrected chi connectivity index (χ4v) is 5.57. The largest absolute Gasteiger partial charge is 0.497 e. The Balaban J connectivity index is 1.96. The number of β-lactam (4-membered cyclic amide) rings is 1. The molecule has 0 aliphatic carbocycles. The van der Waals surface area contributed by atoms with E-state index < -0.39 is 14.3 Å². The monoisotopic (exact) mass is 457 g/mol. The number of rotatable bonds is 6. The molecule has 2 aliphatic heterocycles. The van der Waals surface area contributed by atoms with Gasteiger partial charge in [-0.2, -0.15) is 0 Å². The molecule has 32 heavy (non-hydrogen) atoms. The molecule has 2 heterocycles. The van der Waals surface area contributed by atoms with Gasteiger partial charge in [0.25, 0.3) is 0 Å². The predicted octanol–water partition coefficient (Wildman–Crippen LogP) is 4.43. The number of amides is 1. The van der Waals surface area contributed by atoms with Crippen molar-refractivity contribution < 1.29 is 23.5 Å². The van der Waals surface area contributed by atoms with Crippen molar-refractivity contribution in [3.8, 4) is 5.75 Å². The van der Waals surface area contributed by atoms with Gasteiger partial charge in [-0.3, -0.25) is 4.79 Å². The molecule has 0 unspecified atom stereocenters. The summed E-state index contributed by atoms with van der Waals surface area (Å²) in [6.45, 7) is 13.4. The van der Waals surface area contributed by atoms with Crippen molar-refractivity contribution in [2.75, 3.05) is 20.8 Å². The average molecular weight is 458 g/mol. The Morgan fingerprint density at radius 3 is 2.34 bits per heavy atom. The van der Waals surface area contributed by atoms with Crippen LogP contribution in [0.1, 0.15) is 33.3 Å². The number of esters is 1. The van der Waals surface area contributed by atoms with E-state index in [0.29, 0.717) is 6.54 Å². The summed E-state index contributed by atoms with van der Waals surface area (Å²) in [5.74, 6) is 0.170. The Hall–Kier alpha value is -2.38. The molecule has 0 bridgehead atoms. The molecule has 3 rings (SSSR count). The molecule has 2 saturated heterocycles. The lowest BCUT2D eigenvalue weighted by Crippen LogP contribution is -2.63. The second kappa shape index (κ2) is 8.87. The van der Waals surface area contributed by atoms with Crippen LogP contribution >= 0.6 is 0 Å². The first-order valence-corrected chi connectivity index (χ1v) is 13.9. The molecular formula is C25H35NO5Si. The molecule has 1 aromatic rings. The van der Waals surface area contributed by atoms with E-state index in [4.69, 9.17) is 13.9 Å². The zero-order valence-electron chi connectivity index (χ0n) is 20.4. The number of hydrogen-bond donors (Lipinski definition) is 0. The molecule has 1 amide bonds. The van der Waals surface area contributed by atoms with Crippen LogP contribution in [0.25, 0.3) is 6.08 Å². The highest BCUT2D eigenvalue weighted by Gasteiger charge is 2.57.